The van der Waals surface area contributed by atoms with Gasteiger partial charge in [-0.2, -0.15) is 0 Å². The van der Waals surface area contributed by atoms with Crippen LogP contribution in [0.25, 0.3) is 10.9 Å². The molecule has 1 atom stereocenters. The van der Waals surface area contributed by atoms with Gasteiger partial charge < -0.3 is 4.90 Å². The lowest BCUT2D eigenvalue weighted by Gasteiger charge is -2.23. The van der Waals surface area contributed by atoms with Gasteiger partial charge >= 0.3 is 0 Å². The molecular weight excluding hydrogens is 294 g/mol. The molecule has 0 bridgehead atoms. The van der Waals surface area contributed by atoms with E-state index in [-0.39, 0.29) is 11.9 Å². The topological polar surface area (TPSA) is 46.1 Å². The molecule has 1 aliphatic heterocycles. The summed E-state index contributed by atoms with van der Waals surface area (Å²) in [5.41, 5.74) is 1.57. The maximum absolute atomic E-state index is 12.9. The van der Waals surface area contributed by atoms with Crippen molar-refractivity contribution < 1.29 is 4.79 Å². The standard InChI is InChI=1S/C17H15N3OS/c21-17(13-10-12-4-1-2-5-14(12)19-11-13)20-8-3-6-15(20)16-18-7-9-22-16/h1-2,4-5,7,9-11,15H,3,6,8H2/t15-/m0/s1. The molecule has 4 rings (SSSR count). The van der Waals surface area contributed by atoms with E-state index in [9.17, 15) is 4.79 Å². The normalized spacial score (nSPS) is 18.0. The van der Waals surface area contributed by atoms with Crippen molar-refractivity contribution in [2.75, 3.05) is 6.54 Å². The summed E-state index contributed by atoms with van der Waals surface area (Å²) in [5.74, 6) is 0.0518. The van der Waals surface area contributed by atoms with E-state index in [1.165, 1.54) is 0 Å². The predicted molar refractivity (Wildman–Crippen MR) is 86.9 cm³/mol. The SMILES string of the molecule is O=C(c1cnc2ccccc2c1)N1CCC[C@H]1c1nccs1. The molecule has 1 saturated heterocycles. The molecule has 1 amide bonds. The molecule has 3 aromatic rings. The molecule has 2 aromatic heterocycles. The summed E-state index contributed by atoms with van der Waals surface area (Å²) >= 11 is 1.62. The van der Waals surface area contributed by atoms with Crippen molar-refractivity contribution in [2.45, 2.75) is 18.9 Å². The zero-order chi connectivity index (χ0) is 14.9. The zero-order valence-corrected chi connectivity index (χ0v) is 12.8. The monoisotopic (exact) mass is 309 g/mol. The highest BCUT2D eigenvalue weighted by Crippen LogP contribution is 2.34. The Labute approximate surface area is 132 Å². The Hall–Kier alpha value is -2.27. The van der Waals surface area contributed by atoms with Gasteiger partial charge in [-0.05, 0) is 25.0 Å². The van der Waals surface area contributed by atoms with Crippen LogP contribution in [-0.2, 0) is 0 Å². The zero-order valence-electron chi connectivity index (χ0n) is 12.0. The van der Waals surface area contributed by atoms with Crippen molar-refractivity contribution in [3.05, 3.63) is 58.7 Å². The van der Waals surface area contributed by atoms with Crippen molar-refractivity contribution in [1.82, 2.24) is 14.9 Å². The first-order valence-electron chi connectivity index (χ1n) is 7.38. The molecule has 0 radical (unpaired) electrons. The molecule has 4 nitrogen and oxygen atoms in total. The molecule has 1 aliphatic rings. The van der Waals surface area contributed by atoms with Gasteiger partial charge in [0.25, 0.3) is 5.91 Å². The highest BCUT2D eigenvalue weighted by molar-refractivity contribution is 7.09. The van der Waals surface area contributed by atoms with Gasteiger partial charge in [-0.25, -0.2) is 4.98 Å². The van der Waals surface area contributed by atoms with Crippen LogP contribution in [0.1, 0.15) is 34.2 Å². The van der Waals surface area contributed by atoms with Gasteiger partial charge in [-0.3, -0.25) is 9.78 Å². The minimum absolute atomic E-state index is 0.0518. The van der Waals surface area contributed by atoms with Gasteiger partial charge in [0.1, 0.15) is 5.01 Å². The number of thiazole rings is 1. The van der Waals surface area contributed by atoms with Crippen LogP contribution in [0.4, 0.5) is 0 Å². The molecule has 1 fully saturated rings. The number of nitrogens with zero attached hydrogens (tertiary/aromatic N) is 3. The molecule has 22 heavy (non-hydrogen) atoms. The molecule has 3 heterocycles. The van der Waals surface area contributed by atoms with Crippen LogP contribution in [0.2, 0.25) is 0 Å². The second-order valence-corrected chi connectivity index (χ2v) is 6.37. The van der Waals surface area contributed by atoms with Crippen LogP contribution in [-0.4, -0.2) is 27.3 Å². The lowest BCUT2D eigenvalue weighted by molar-refractivity contribution is 0.0735. The Kier molecular flexibility index (Phi) is 3.35. The first kappa shape index (κ1) is 13.4. The lowest BCUT2D eigenvalue weighted by Crippen LogP contribution is -2.30. The molecule has 0 unspecified atom stereocenters. The predicted octanol–water partition coefficient (Wildman–Crippen LogP) is 3.67. The number of carbonyl (C=O) groups is 1. The second-order valence-electron chi connectivity index (χ2n) is 5.44. The number of benzene rings is 1. The second kappa shape index (κ2) is 5.50. The first-order valence-corrected chi connectivity index (χ1v) is 8.26. The van der Waals surface area contributed by atoms with E-state index in [1.807, 2.05) is 40.6 Å². The van der Waals surface area contributed by atoms with Crippen molar-refractivity contribution in [2.24, 2.45) is 0 Å². The van der Waals surface area contributed by atoms with Crippen molar-refractivity contribution in [1.29, 1.82) is 0 Å². The van der Waals surface area contributed by atoms with Gasteiger partial charge in [0.2, 0.25) is 0 Å². The number of hydrogen-bond donors (Lipinski definition) is 0. The molecule has 110 valence electrons. The number of hydrogen-bond acceptors (Lipinski definition) is 4. The number of para-hydroxylation sites is 1. The molecule has 0 N–H and O–H groups in total. The number of fused-ring (bicyclic) bond motifs is 1. The van der Waals surface area contributed by atoms with Gasteiger partial charge in [0.15, 0.2) is 0 Å². The van der Waals surface area contributed by atoms with E-state index in [1.54, 1.807) is 23.7 Å². The molecule has 0 aliphatic carbocycles. The Bertz CT molecular complexity index is 816. The molecule has 5 heteroatoms. The van der Waals surface area contributed by atoms with Crippen molar-refractivity contribution >= 4 is 28.1 Å². The molecule has 0 spiro atoms. The van der Waals surface area contributed by atoms with E-state index >= 15 is 0 Å². The Morgan fingerprint density at radius 2 is 2.18 bits per heavy atom. The van der Waals surface area contributed by atoms with E-state index in [2.05, 4.69) is 9.97 Å². The highest BCUT2D eigenvalue weighted by atomic mass is 32.1. The molecule has 1 aromatic carbocycles. The minimum Gasteiger partial charge on any atom is -0.329 e. The third-order valence-corrected chi connectivity index (χ3v) is 4.96. The molecule has 0 saturated carbocycles. The highest BCUT2D eigenvalue weighted by Gasteiger charge is 2.32. The van der Waals surface area contributed by atoms with Crippen LogP contribution >= 0.6 is 11.3 Å². The van der Waals surface area contributed by atoms with E-state index in [4.69, 9.17) is 0 Å². The Morgan fingerprint density at radius 3 is 3.05 bits per heavy atom. The average molecular weight is 309 g/mol. The van der Waals surface area contributed by atoms with Crippen LogP contribution in [0, 0.1) is 0 Å². The van der Waals surface area contributed by atoms with Crippen LogP contribution in [0.3, 0.4) is 0 Å². The Balaban J connectivity index is 1.67. The maximum atomic E-state index is 12.9. The van der Waals surface area contributed by atoms with Crippen LogP contribution < -0.4 is 0 Å². The van der Waals surface area contributed by atoms with Crippen LogP contribution in [0.15, 0.2) is 48.1 Å². The fourth-order valence-corrected chi connectivity index (χ4v) is 3.80. The molecular formula is C17H15N3OS. The fraction of sp³-hybridized carbons (Fsp3) is 0.235. The number of amides is 1. The third-order valence-electron chi connectivity index (χ3n) is 4.09. The summed E-state index contributed by atoms with van der Waals surface area (Å²) in [6.07, 6.45) is 5.50. The fourth-order valence-electron chi connectivity index (χ4n) is 3.02. The van der Waals surface area contributed by atoms with Gasteiger partial charge in [0.05, 0.1) is 17.1 Å². The summed E-state index contributed by atoms with van der Waals surface area (Å²) in [4.78, 5) is 23.6. The summed E-state index contributed by atoms with van der Waals surface area (Å²) in [6.45, 7) is 0.788. The number of pyridine rings is 1. The van der Waals surface area contributed by atoms with Crippen molar-refractivity contribution in [3.63, 3.8) is 0 Å². The summed E-state index contributed by atoms with van der Waals surface area (Å²) in [7, 11) is 0. The first-order chi connectivity index (χ1) is 10.8. The van der Waals surface area contributed by atoms with E-state index < -0.39 is 0 Å². The minimum atomic E-state index is 0.0518. The van der Waals surface area contributed by atoms with Crippen molar-refractivity contribution in [3.8, 4) is 0 Å². The number of rotatable bonds is 2. The van der Waals surface area contributed by atoms with E-state index in [0.29, 0.717) is 5.56 Å². The quantitative estimate of drug-likeness (QED) is 0.725. The van der Waals surface area contributed by atoms with E-state index in [0.717, 1.165) is 35.3 Å². The van der Waals surface area contributed by atoms with Gasteiger partial charge in [-0.1, -0.05) is 18.2 Å². The van der Waals surface area contributed by atoms with Gasteiger partial charge in [-0.15, -0.1) is 11.3 Å². The number of aromatic nitrogens is 2. The maximum Gasteiger partial charge on any atom is 0.256 e. The average Bonchev–Trinajstić information content (AvgIpc) is 3.24. The number of likely N-dealkylation sites (tertiary alicyclic amines) is 1. The lowest BCUT2D eigenvalue weighted by atomic mass is 10.1. The Morgan fingerprint density at radius 1 is 1.27 bits per heavy atom. The van der Waals surface area contributed by atoms with Crippen LogP contribution in [0.5, 0.6) is 0 Å². The summed E-state index contributed by atoms with van der Waals surface area (Å²) in [5, 5.41) is 3.99. The number of carbonyl (C=O) groups excluding carboxylic acids is 1. The summed E-state index contributed by atoms with van der Waals surface area (Å²) in [6, 6.07) is 9.91. The smallest absolute Gasteiger partial charge is 0.256 e. The third kappa shape index (κ3) is 2.27. The van der Waals surface area contributed by atoms with Gasteiger partial charge in [0, 0.05) is 29.7 Å². The summed E-state index contributed by atoms with van der Waals surface area (Å²) < 4.78 is 0. The largest absolute Gasteiger partial charge is 0.329 e.